The van der Waals surface area contributed by atoms with Crippen LogP contribution in [-0.2, 0) is 0 Å². The molecule has 2 aliphatic carbocycles. The summed E-state index contributed by atoms with van der Waals surface area (Å²) in [5.41, 5.74) is 0. The van der Waals surface area contributed by atoms with Crippen LogP contribution in [0.4, 0.5) is 13.2 Å². The van der Waals surface area contributed by atoms with Gasteiger partial charge in [0, 0.05) is 18.1 Å². The van der Waals surface area contributed by atoms with Gasteiger partial charge in [-0.2, -0.15) is 13.2 Å². The van der Waals surface area contributed by atoms with Gasteiger partial charge >= 0.3 is 6.18 Å². The molecule has 0 aromatic carbocycles. The molecule has 116 valence electrons. The molecule has 0 bridgehead atoms. The summed E-state index contributed by atoms with van der Waals surface area (Å²) in [4.78, 5) is 2.58. The van der Waals surface area contributed by atoms with Gasteiger partial charge in [-0.25, -0.2) is 0 Å². The Bertz CT molecular complexity index is 312. The number of hydrogen-bond donors (Lipinski definition) is 1. The van der Waals surface area contributed by atoms with Crippen molar-refractivity contribution in [1.29, 1.82) is 0 Å². The lowest BCUT2D eigenvalue weighted by Gasteiger charge is -2.37. The second kappa shape index (κ2) is 5.84. The lowest BCUT2D eigenvalue weighted by molar-refractivity contribution is -0.182. The highest BCUT2D eigenvalue weighted by molar-refractivity contribution is 4.90. The number of nitrogens with zero attached hydrogens (tertiary/aromatic N) is 1. The number of rotatable bonds is 3. The molecule has 3 rings (SSSR count). The third kappa shape index (κ3) is 3.67. The van der Waals surface area contributed by atoms with E-state index in [-0.39, 0.29) is 0 Å². The molecular weight excluding hydrogens is 265 g/mol. The van der Waals surface area contributed by atoms with Gasteiger partial charge in [0.15, 0.2) is 0 Å². The first-order valence-electron chi connectivity index (χ1n) is 8.09. The van der Waals surface area contributed by atoms with E-state index in [0.717, 1.165) is 18.9 Å². The van der Waals surface area contributed by atoms with Crippen molar-refractivity contribution in [3.8, 4) is 0 Å². The Kier molecular flexibility index (Phi) is 4.27. The fourth-order valence-corrected chi connectivity index (χ4v) is 3.79. The maximum absolute atomic E-state index is 12.6. The van der Waals surface area contributed by atoms with Gasteiger partial charge in [-0.3, -0.25) is 0 Å². The topological polar surface area (TPSA) is 15.3 Å². The molecule has 1 aliphatic heterocycles. The summed E-state index contributed by atoms with van der Waals surface area (Å²) in [6.07, 6.45) is 3.05. The largest absolute Gasteiger partial charge is 0.391 e. The Labute approximate surface area is 119 Å². The summed E-state index contributed by atoms with van der Waals surface area (Å²) >= 11 is 0. The Morgan fingerprint density at radius 1 is 0.750 bits per heavy atom. The van der Waals surface area contributed by atoms with E-state index in [9.17, 15) is 13.2 Å². The van der Waals surface area contributed by atoms with Gasteiger partial charge in [0.25, 0.3) is 0 Å². The van der Waals surface area contributed by atoms with E-state index < -0.39 is 12.1 Å². The van der Waals surface area contributed by atoms with E-state index in [1.807, 2.05) is 0 Å². The van der Waals surface area contributed by atoms with Gasteiger partial charge in [-0.1, -0.05) is 0 Å². The lowest BCUT2D eigenvalue weighted by Crippen LogP contribution is -2.48. The van der Waals surface area contributed by atoms with Crippen LogP contribution in [0.1, 0.15) is 51.4 Å². The number of likely N-dealkylation sites (tertiary alicyclic amines) is 1. The highest BCUT2D eigenvalue weighted by Gasteiger charge is 2.41. The molecule has 0 amide bonds. The monoisotopic (exact) mass is 290 g/mol. The summed E-state index contributed by atoms with van der Waals surface area (Å²) in [5.74, 6) is -1.06. The molecule has 0 aromatic heterocycles. The maximum Gasteiger partial charge on any atom is 0.391 e. The standard InChI is InChI=1S/C15H25F3N2/c16-15(17,18)11-1-3-12(4-2-11)19-13-7-9-20(10-8-13)14-5-6-14/h11-14,19H,1-10H2. The summed E-state index contributed by atoms with van der Waals surface area (Å²) in [6.45, 7) is 2.33. The SMILES string of the molecule is FC(F)(F)C1CCC(NC2CCN(C3CC3)CC2)CC1. The first kappa shape index (κ1) is 14.6. The number of halogens is 3. The highest BCUT2D eigenvalue weighted by atomic mass is 19.4. The average molecular weight is 290 g/mol. The number of alkyl halides is 3. The van der Waals surface area contributed by atoms with Crippen LogP contribution in [-0.4, -0.2) is 42.3 Å². The molecule has 0 radical (unpaired) electrons. The van der Waals surface area contributed by atoms with E-state index in [1.54, 1.807) is 0 Å². The Morgan fingerprint density at radius 3 is 1.80 bits per heavy atom. The molecule has 20 heavy (non-hydrogen) atoms. The van der Waals surface area contributed by atoms with Crippen molar-refractivity contribution in [2.45, 2.75) is 75.7 Å². The van der Waals surface area contributed by atoms with Gasteiger partial charge in [-0.15, -0.1) is 0 Å². The quantitative estimate of drug-likeness (QED) is 0.858. The van der Waals surface area contributed by atoms with Crippen molar-refractivity contribution in [1.82, 2.24) is 10.2 Å². The van der Waals surface area contributed by atoms with Crippen molar-refractivity contribution in [3.63, 3.8) is 0 Å². The van der Waals surface area contributed by atoms with Gasteiger partial charge in [0.2, 0.25) is 0 Å². The third-order valence-corrected chi connectivity index (χ3v) is 5.25. The van der Waals surface area contributed by atoms with E-state index in [0.29, 0.717) is 37.8 Å². The smallest absolute Gasteiger partial charge is 0.311 e. The van der Waals surface area contributed by atoms with Crippen LogP contribution in [0.25, 0.3) is 0 Å². The van der Waals surface area contributed by atoms with Crippen molar-refractivity contribution in [3.05, 3.63) is 0 Å². The van der Waals surface area contributed by atoms with Crippen molar-refractivity contribution in [2.24, 2.45) is 5.92 Å². The molecule has 1 saturated heterocycles. The minimum Gasteiger partial charge on any atom is -0.311 e. The second-order valence-electron chi connectivity index (χ2n) is 6.80. The predicted molar refractivity (Wildman–Crippen MR) is 72.6 cm³/mol. The van der Waals surface area contributed by atoms with Crippen LogP contribution in [0.3, 0.4) is 0 Å². The normalized spacial score (nSPS) is 34.4. The molecule has 0 unspecified atom stereocenters. The van der Waals surface area contributed by atoms with E-state index in [4.69, 9.17) is 0 Å². The molecular formula is C15H25F3N2. The summed E-state index contributed by atoms with van der Waals surface area (Å²) < 4.78 is 37.9. The lowest BCUT2D eigenvalue weighted by atomic mass is 9.85. The van der Waals surface area contributed by atoms with Gasteiger partial charge < -0.3 is 10.2 Å². The van der Waals surface area contributed by atoms with Crippen LogP contribution in [0.2, 0.25) is 0 Å². The van der Waals surface area contributed by atoms with Gasteiger partial charge in [0.1, 0.15) is 0 Å². The van der Waals surface area contributed by atoms with E-state index >= 15 is 0 Å². The zero-order valence-corrected chi connectivity index (χ0v) is 12.0. The molecule has 2 nitrogen and oxygen atoms in total. The fraction of sp³-hybridized carbons (Fsp3) is 1.00. The molecule has 1 heterocycles. The van der Waals surface area contributed by atoms with Crippen molar-refractivity contribution in [2.75, 3.05) is 13.1 Å². The molecule has 3 aliphatic rings. The highest BCUT2D eigenvalue weighted by Crippen LogP contribution is 2.37. The molecule has 0 spiro atoms. The third-order valence-electron chi connectivity index (χ3n) is 5.25. The molecule has 0 atom stereocenters. The first-order chi connectivity index (χ1) is 9.52. The number of hydrogen-bond acceptors (Lipinski definition) is 2. The van der Waals surface area contributed by atoms with Gasteiger partial charge in [-0.05, 0) is 64.5 Å². The maximum atomic E-state index is 12.6. The predicted octanol–water partition coefficient (Wildman–Crippen LogP) is 3.32. The van der Waals surface area contributed by atoms with Crippen LogP contribution >= 0.6 is 0 Å². The summed E-state index contributed by atoms with van der Waals surface area (Å²) in [7, 11) is 0. The Morgan fingerprint density at radius 2 is 1.30 bits per heavy atom. The molecule has 3 fully saturated rings. The number of nitrogens with one attached hydrogen (secondary N) is 1. The van der Waals surface area contributed by atoms with Crippen LogP contribution in [0, 0.1) is 5.92 Å². The molecule has 2 saturated carbocycles. The van der Waals surface area contributed by atoms with Crippen molar-refractivity contribution < 1.29 is 13.2 Å². The van der Waals surface area contributed by atoms with Crippen molar-refractivity contribution >= 4 is 0 Å². The Hall–Kier alpha value is -0.290. The first-order valence-corrected chi connectivity index (χ1v) is 8.09. The van der Waals surface area contributed by atoms with Crippen LogP contribution in [0.5, 0.6) is 0 Å². The molecule has 5 heteroatoms. The molecule has 0 aromatic rings. The minimum absolute atomic E-state index is 0.308. The molecule has 1 N–H and O–H groups in total. The minimum atomic E-state index is -3.99. The van der Waals surface area contributed by atoms with Crippen LogP contribution in [0.15, 0.2) is 0 Å². The average Bonchev–Trinajstić information content (AvgIpc) is 3.24. The zero-order valence-electron chi connectivity index (χ0n) is 12.0. The number of piperidine rings is 1. The fourth-order valence-electron chi connectivity index (χ4n) is 3.79. The van der Waals surface area contributed by atoms with Crippen LogP contribution < -0.4 is 5.32 Å². The summed E-state index contributed by atoms with van der Waals surface area (Å²) in [5, 5.41) is 3.62. The zero-order chi connectivity index (χ0) is 14.2. The van der Waals surface area contributed by atoms with E-state index in [2.05, 4.69) is 10.2 Å². The second-order valence-corrected chi connectivity index (χ2v) is 6.80. The summed E-state index contributed by atoms with van der Waals surface area (Å²) in [6, 6.07) is 1.68. The Balaban J connectivity index is 1.37. The van der Waals surface area contributed by atoms with Gasteiger partial charge in [0.05, 0.1) is 5.92 Å². The van der Waals surface area contributed by atoms with E-state index in [1.165, 1.54) is 25.9 Å².